The van der Waals surface area contributed by atoms with Crippen LogP contribution in [0.1, 0.15) is 39.8 Å². The van der Waals surface area contributed by atoms with Crippen molar-refractivity contribution in [1.29, 1.82) is 0 Å². The van der Waals surface area contributed by atoms with Crippen LogP contribution in [0.25, 0.3) is 0 Å². The third-order valence-electron chi connectivity index (χ3n) is 4.98. The van der Waals surface area contributed by atoms with E-state index < -0.39 is 0 Å². The van der Waals surface area contributed by atoms with Gasteiger partial charge in [-0.25, -0.2) is 0 Å². The smallest absolute Gasteiger partial charge is 0.253 e. The van der Waals surface area contributed by atoms with Crippen molar-refractivity contribution in [2.45, 2.75) is 40.5 Å². The molecule has 6 heteroatoms. The van der Waals surface area contributed by atoms with Gasteiger partial charge in [0.15, 0.2) is 0 Å². The lowest BCUT2D eigenvalue weighted by atomic mass is 10.1. The van der Waals surface area contributed by atoms with E-state index in [1.54, 1.807) is 4.90 Å². The highest BCUT2D eigenvalue weighted by molar-refractivity contribution is 9.10. The van der Waals surface area contributed by atoms with E-state index in [0.717, 1.165) is 39.3 Å². The van der Waals surface area contributed by atoms with E-state index in [-0.39, 0.29) is 5.91 Å². The average Bonchev–Trinajstić information content (AvgIpc) is 3.00. The molecule has 1 aromatic heterocycles. The first-order valence-corrected chi connectivity index (χ1v) is 10.4. The molecule has 152 valence electrons. The zero-order valence-electron chi connectivity index (χ0n) is 17.3. The number of halogens is 1. The fraction of sp³-hybridized carbons (Fsp3) is 0.304. The first-order valence-electron chi connectivity index (χ1n) is 9.65. The van der Waals surface area contributed by atoms with E-state index in [0.29, 0.717) is 18.7 Å². The van der Waals surface area contributed by atoms with Crippen LogP contribution >= 0.6 is 15.9 Å². The molecule has 29 heavy (non-hydrogen) atoms. The molecule has 0 bridgehead atoms. The number of carbonyl (C=O) groups excluding carboxylic acids is 1. The van der Waals surface area contributed by atoms with E-state index >= 15 is 0 Å². The fourth-order valence-electron chi connectivity index (χ4n) is 3.32. The van der Waals surface area contributed by atoms with Crippen molar-refractivity contribution in [3.8, 4) is 5.75 Å². The van der Waals surface area contributed by atoms with Crippen LogP contribution in [0.15, 0.2) is 53.0 Å². The number of aryl methyl sites for hydroxylation is 2. The summed E-state index contributed by atoms with van der Waals surface area (Å²) >= 11 is 3.48. The number of para-hydroxylation sites is 1. The molecule has 0 N–H and O–H groups in total. The summed E-state index contributed by atoms with van der Waals surface area (Å²) in [6, 6.07) is 15.3. The van der Waals surface area contributed by atoms with Crippen molar-refractivity contribution in [2.75, 3.05) is 7.05 Å². The highest BCUT2D eigenvalue weighted by Crippen LogP contribution is 2.25. The number of nitrogens with zero attached hydrogens (tertiary/aromatic N) is 3. The van der Waals surface area contributed by atoms with Crippen LogP contribution < -0.4 is 4.74 Å². The lowest BCUT2D eigenvalue weighted by molar-refractivity contribution is 0.0784. The second kappa shape index (κ2) is 9.27. The summed E-state index contributed by atoms with van der Waals surface area (Å²) in [6.45, 7) is 7.87. The molecule has 2 aromatic carbocycles. The molecule has 1 amide bonds. The van der Waals surface area contributed by atoms with Gasteiger partial charge < -0.3 is 9.64 Å². The molecule has 5 nitrogen and oxygen atoms in total. The van der Waals surface area contributed by atoms with Gasteiger partial charge in [0.2, 0.25) is 0 Å². The second-order valence-corrected chi connectivity index (χ2v) is 7.90. The maximum atomic E-state index is 13.0. The second-order valence-electron chi connectivity index (χ2n) is 7.05. The fourth-order valence-corrected chi connectivity index (χ4v) is 3.72. The highest BCUT2D eigenvalue weighted by atomic mass is 79.9. The Bertz CT molecular complexity index is 1010. The SMILES string of the molecule is CCn1nc(C)c(CN(C)C(=O)c2cccc(COc3ccccc3Br)c2)c1C. The number of hydrogen-bond donors (Lipinski definition) is 0. The van der Waals surface area contributed by atoms with Gasteiger partial charge in [0.25, 0.3) is 5.91 Å². The topological polar surface area (TPSA) is 47.4 Å². The van der Waals surface area contributed by atoms with E-state index in [4.69, 9.17) is 4.74 Å². The Kier molecular flexibility index (Phi) is 6.75. The molecule has 0 aliphatic carbocycles. The summed E-state index contributed by atoms with van der Waals surface area (Å²) in [6.07, 6.45) is 0. The number of aromatic nitrogens is 2. The summed E-state index contributed by atoms with van der Waals surface area (Å²) < 4.78 is 8.76. The number of ether oxygens (including phenoxy) is 1. The van der Waals surface area contributed by atoms with Gasteiger partial charge in [0.05, 0.1) is 10.2 Å². The summed E-state index contributed by atoms with van der Waals surface area (Å²) in [7, 11) is 1.83. The first kappa shape index (κ1) is 21.1. The van der Waals surface area contributed by atoms with E-state index in [2.05, 4.69) is 34.9 Å². The molecule has 0 aliphatic rings. The molecular weight excluding hydrogens is 430 g/mol. The van der Waals surface area contributed by atoms with Gasteiger partial charge >= 0.3 is 0 Å². The van der Waals surface area contributed by atoms with Gasteiger partial charge in [-0.3, -0.25) is 9.48 Å². The van der Waals surface area contributed by atoms with Gasteiger partial charge in [0.1, 0.15) is 12.4 Å². The van der Waals surface area contributed by atoms with Crippen LogP contribution in [0.2, 0.25) is 0 Å². The molecule has 0 atom stereocenters. The molecule has 0 spiro atoms. The van der Waals surface area contributed by atoms with Crippen molar-refractivity contribution < 1.29 is 9.53 Å². The Hall–Kier alpha value is -2.60. The van der Waals surface area contributed by atoms with E-state index in [1.807, 2.05) is 67.2 Å². The third kappa shape index (κ3) is 4.88. The van der Waals surface area contributed by atoms with Gasteiger partial charge in [-0.1, -0.05) is 24.3 Å². The Morgan fingerprint density at radius 1 is 1.17 bits per heavy atom. The largest absolute Gasteiger partial charge is 0.488 e. The minimum absolute atomic E-state index is 0.0178. The van der Waals surface area contributed by atoms with Crippen molar-refractivity contribution in [3.63, 3.8) is 0 Å². The predicted molar refractivity (Wildman–Crippen MR) is 118 cm³/mol. The summed E-state index contributed by atoms with van der Waals surface area (Å²) in [5.74, 6) is 0.760. The highest BCUT2D eigenvalue weighted by Gasteiger charge is 2.17. The zero-order valence-corrected chi connectivity index (χ0v) is 18.9. The van der Waals surface area contributed by atoms with Crippen molar-refractivity contribution in [3.05, 3.63) is 81.1 Å². The maximum absolute atomic E-state index is 13.0. The molecule has 3 rings (SSSR count). The van der Waals surface area contributed by atoms with Crippen LogP contribution in [0.3, 0.4) is 0 Å². The summed E-state index contributed by atoms with van der Waals surface area (Å²) in [4.78, 5) is 14.7. The van der Waals surface area contributed by atoms with Crippen LogP contribution in [-0.2, 0) is 19.7 Å². The summed E-state index contributed by atoms with van der Waals surface area (Å²) in [5.41, 5.74) is 4.79. The molecular formula is C23H26BrN3O2. The molecule has 0 aliphatic heterocycles. The average molecular weight is 456 g/mol. The van der Waals surface area contributed by atoms with Crippen LogP contribution in [-0.4, -0.2) is 27.6 Å². The molecule has 3 aromatic rings. The third-order valence-corrected chi connectivity index (χ3v) is 5.63. The number of amides is 1. The first-order chi connectivity index (χ1) is 13.9. The quantitative estimate of drug-likeness (QED) is 0.495. The lowest BCUT2D eigenvalue weighted by Crippen LogP contribution is -2.26. The van der Waals surface area contributed by atoms with Crippen molar-refractivity contribution in [1.82, 2.24) is 14.7 Å². The molecule has 0 saturated heterocycles. The minimum Gasteiger partial charge on any atom is -0.488 e. The molecule has 0 radical (unpaired) electrons. The van der Waals surface area contributed by atoms with Gasteiger partial charge in [-0.05, 0) is 66.5 Å². The van der Waals surface area contributed by atoms with E-state index in [1.165, 1.54) is 0 Å². The number of rotatable bonds is 7. The van der Waals surface area contributed by atoms with Gasteiger partial charge in [-0.15, -0.1) is 0 Å². The minimum atomic E-state index is -0.0178. The Morgan fingerprint density at radius 3 is 2.62 bits per heavy atom. The van der Waals surface area contributed by atoms with Gasteiger partial charge in [-0.2, -0.15) is 5.10 Å². The van der Waals surface area contributed by atoms with Crippen molar-refractivity contribution in [2.24, 2.45) is 0 Å². The van der Waals surface area contributed by atoms with Gasteiger partial charge in [0, 0.05) is 37.0 Å². The standard InChI is InChI=1S/C23H26BrN3O2/c1-5-27-17(3)20(16(2)25-27)14-26(4)23(28)19-10-8-9-18(13-19)15-29-22-12-7-6-11-21(22)24/h6-13H,5,14-15H2,1-4H3. The number of carbonyl (C=O) groups is 1. The van der Waals surface area contributed by atoms with Crippen LogP contribution in [0.5, 0.6) is 5.75 Å². The van der Waals surface area contributed by atoms with Crippen LogP contribution in [0.4, 0.5) is 0 Å². The molecule has 0 fully saturated rings. The number of hydrogen-bond acceptors (Lipinski definition) is 3. The Morgan fingerprint density at radius 2 is 1.93 bits per heavy atom. The zero-order chi connectivity index (χ0) is 21.0. The monoisotopic (exact) mass is 455 g/mol. The predicted octanol–water partition coefficient (Wildman–Crippen LogP) is 5.13. The summed E-state index contributed by atoms with van der Waals surface area (Å²) in [5, 5.41) is 4.55. The molecule has 0 saturated carbocycles. The lowest BCUT2D eigenvalue weighted by Gasteiger charge is -2.18. The maximum Gasteiger partial charge on any atom is 0.253 e. The Labute approximate surface area is 180 Å². The molecule has 0 unspecified atom stereocenters. The number of benzene rings is 2. The van der Waals surface area contributed by atoms with Crippen molar-refractivity contribution >= 4 is 21.8 Å². The van der Waals surface area contributed by atoms with E-state index in [9.17, 15) is 4.79 Å². The normalized spacial score (nSPS) is 10.8. The van der Waals surface area contributed by atoms with Crippen LogP contribution in [0, 0.1) is 13.8 Å². The molecule has 1 heterocycles. The Balaban J connectivity index is 1.70.